The Labute approximate surface area is 251 Å². The molecule has 2 unspecified atom stereocenters. The molecule has 5 atom stereocenters. The number of ether oxygens (including phenoxy) is 1. The van der Waals surface area contributed by atoms with Gasteiger partial charge >= 0.3 is 7.75 Å². The molecule has 6 N–H and O–H groups in total. The number of nitrogens with one attached hydrogen (secondary N) is 2. The molecule has 1 fully saturated rings. The van der Waals surface area contributed by atoms with Crippen LogP contribution in [0.3, 0.4) is 0 Å². The number of aliphatic hydroxyl groups excluding tert-OH is 1. The molecule has 1 aliphatic rings. The van der Waals surface area contributed by atoms with Crippen LogP contribution in [0.4, 0.5) is 5.95 Å². The Bertz CT molecular complexity index is 1580. The normalized spacial score (nSPS) is 23.8. The molecule has 3 aromatic rings. The second-order valence-electron chi connectivity index (χ2n) is 10.7. The number of thioether (sulfide) groups is 1. The first-order valence-corrected chi connectivity index (χ1v) is 15.8. The van der Waals surface area contributed by atoms with Crippen molar-refractivity contribution in [2.24, 2.45) is 5.41 Å². The maximum absolute atomic E-state index is 13.7. The van der Waals surface area contributed by atoms with Crippen LogP contribution in [-0.4, -0.2) is 77.4 Å². The number of anilines is 1. The number of fused-ring (bicyclic) bond motifs is 1. The van der Waals surface area contributed by atoms with Crippen molar-refractivity contribution < 1.29 is 38.2 Å². The average Bonchev–Trinajstić information content (AvgIpc) is 3.47. The first kappa shape index (κ1) is 33.0. The van der Waals surface area contributed by atoms with Gasteiger partial charge in [0, 0.05) is 12.3 Å². The number of H-pyrrole nitrogens is 1. The van der Waals surface area contributed by atoms with Gasteiger partial charge in [-0.15, -0.1) is 0 Å². The van der Waals surface area contributed by atoms with E-state index in [4.69, 9.17) is 19.5 Å². The minimum atomic E-state index is -4.07. The van der Waals surface area contributed by atoms with Crippen LogP contribution < -0.4 is 16.4 Å². The zero-order chi connectivity index (χ0) is 31.6. The molecule has 3 heterocycles. The van der Waals surface area contributed by atoms with E-state index in [9.17, 15) is 29.2 Å². The number of Topliss-reactive ketones (excluding diaryl/α,β-unsaturated/α-hetero) is 1. The topological polar surface area (TPSA) is 221 Å². The molecule has 1 aromatic carbocycles. The SMILES string of the molecule is CC(=O)C(C)(C)C(=O)SCCOP(=O)(NCc1ccccc1)OC[C@H]1O[C@@H](n2cnc3c(=O)[nH]c(N)nc32)C(C)(O)[C@H]1O. The molecular formula is C26H35N6O9PS. The van der Waals surface area contributed by atoms with E-state index in [2.05, 4.69) is 20.0 Å². The molecule has 1 saturated heterocycles. The van der Waals surface area contributed by atoms with Gasteiger partial charge in [0.1, 0.15) is 23.6 Å². The summed E-state index contributed by atoms with van der Waals surface area (Å²) in [5.74, 6) is -0.355. The number of carbonyl (C=O) groups excluding carboxylic acids is 2. The summed E-state index contributed by atoms with van der Waals surface area (Å²) in [4.78, 5) is 46.9. The van der Waals surface area contributed by atoms with Crippen molar-refractivity contribution in [1.82, 2.24) is 24.6 Å². The first-order valence-electron chi connectivity index (χ1n) is 13.3. The van der Waals surface area contributed by atoms with E-state index in [0.717, 1.165) is 17.3 Å². The van der Waals surface area contributed by atoms with Crippen molar-refractivity contribution in [3.8, 4) is 0 Å². The van der Waals surface area contributed by atoms with Gasteiger partial charge in [-0.1, -0.05) is 42.1 Å². The smallest absolute Gasteiger partial charge is 0.387 e. The van der Waals surface area contributed by atoms with E-state index in [1.165, 1.54) is 38.6 Å². The summed E-state index contributed by atoms with van der Waals surface area (Å²) in [5.41, 5.74) is 2.77. The van der Waals surface area contributed by atoms with Crippen LogP contribution in [0, 0.1) is 5.41 Å². The van der Waals surface area contributed by atoms with Crippen LogP contribution in [0.5, 0.6) is 0 Å². The number of nitrogens with two attached hydrogens (primary N) is 1. The van der Waals surface area contributed by atoms with E-state index >= 15 is 0 Å². The van der Waals surface area contributed by atoms with E-state index < -0.39 is 49.4 Å². The lowest BCUT2D eigenvalue weighted by Crippen LogP contribution is -2.44. The van der Waals surface area contributed by atoms with Crippen molar-refractivity contribution in [1.29, 1.82) is 0 Å². The number of nitrogens with zero attached hydrogens (tertiary/aromatic N) is 3. The van der Waals surface area contributed by atoms with Gasteiger partial charge in [-0.05, 0) is 33.3 Å². The Kier molecular flexibility index (Phi) is 9.93. The second kappa shape index (κ2) is 13.0. The van der Waals surface area contributed by atoms with Gasteiger partial charge in [0.2, 0.25) is 11.1 Å². The van der Waals surface area contributed by atoms with Crippen LogP contribution >= 0.6 is 19.5 Å². The molecule has 43 heavy (non-hydrogen) atoms. The Morgan fingerprint density at radius 2 is 2.00 bits per heavy atom. The number of ketones is 1. The molecule has 15 nitrogen and oxygen atoms in total. The molecule has 0 spiro atoms. The number of aromatic nitrogens is 4. The predicted octanol–water partition coefficient (Wildman–Crippen LogP) is 1.52. The molecule has 2 aromatic heterocycles. The zero-order valence-corrected chi connectivity index (χ0v) is 25.8. The minimum Gasteiger partial charge on any atom is -0.387 e. The quantitative estimate of drug-likeness (QED) is 0.102. The highest BCUT2D eigenvalue weighted by molar-refractivity contribution is 8.13. The Morgan fingerprint density at radius 1 is 1.30 bits per heavy atom. The number of carbonyl (C=O) groups is 2. The monoisotopic (exact) mass is 638 g/mol. The first-order chi connectivity index (χ1) is 20.2. The molecule has 4 rings (SSSR count). The highest BCUT2D eigenvalue weighted by Crippen LogP contribution is 2.47. The maximum atomic E-state index is 13.7. The van der Waals surface area contributed by atoms with Gasteiger partial charge in [-0.2, -0.15) is 4.98 Å². The number of benzene rings is 1. The largest absolute Gasteiger partial charge is 0.405 e. The summed E-state index contributed by atoms with van der Waals surface area (Å²) in [7, 11) is -4.07. The lowest BCUT2D eigenvalue weighted by Gasteiger charge is -2.27. The van der Waals surface area contributed by atoms with Gasteiger partial charge in [-0.3, -0.25) is 33.0 Å². The summed E-state index contributed by atoms with van der Waals surface area (Å²) in [6.07, 6.45) is -2.76. The van der Waals surface area contributed by atoms with Gasteiger partial charge in [0.05, 0.1) is 25.0 Å². The third kappa shape index (κ3) is 7.24. The maximum Gasteiger partial charge on any atom is 0.405 e. The van der Waals surface area contributed by atoms with Crippen LogP contribution in [0.25, 0.3) is 11.2 Å². The summed E-state index contributed by atoms with van der Waals surface area (Å²) in [5, 5.41) is 24.5. The van der Waals surface area contributed by atoms with Crippen molar-refractivity contribution in [3.63, 3.8) is 0 Å². The number of aromatic amines is 1. The number of aliphatic hydroxyl groups is 2. The second-order valence-corrected chi connectivity index (χ2v) is 13.6. The molecule has 0 saturated carbocycles. The van der Waals surface area contributed by atoms with Crippen molar-refractivity contribution >= 4 is 47.5 Å². The van der Waals surface area contributed by atoms with Gasteiger partial charge in [0.25, 0.3) is 5.56 Å². The fourth-order valence-electron chi connectivity index (χ4n) is 4.19. The highest BCUT2D eigenvalue weighted by atomic mass is 32.2. The number of nitrogen functional groups attached to an aromatic ring is 1. The highest BCUT2D eigenvalue weighted by Gasteiger charge is 2.54. The van der Waals surface area contributed by atoms with Crippen molar-refractivity contribution in [2.75, 3.05) is 24.7 Å². The molecule has 0 aliphatic carbocycles. The molecule has 0 radical (unpaired) electrons. The van der Waals surface area contributed by atoms with Crippen molar-refractivity contribution in [2.45, 2.75) is 58.3 Å². The van der Waals surface area contributed by atoms with Crippen LogP contribution in [0.2, 0.25) is 0 Å². The Morgan fingerprint density at radius 3 is 2.67 bits per heavy atom. The minimum absolute atomic E-state index is 0.0267. The number of imidazole rings is 1. The van der Waals surface area contributed by atoms with Crippen LogP contribution in [-0.2, 0) is 34.5 Å². The zero-order valence-electron chi connectivity index (χ0n) is 24.1. The fourth-order valence-corrected chi connectivity index (χ4v) is 6.48. The standard InChI is InChI=1S/C26H35N6O9PS/c1-15(33)25(2,3)23(36)43-11-10-39-42(38,29-12-16-8-6-5-7-9-16)40-13-17-19(34)26(4,37)22(41-17)32-14-28-18-20(32)30-24(27)31-21(18)35/h5-9,14,17,19,22,34,37H,10-13H2,1-4H3,(H,29,38)(H3,27,30,31,35)/t17-,19+,22-,26?,42?/m1/s1. The van der Waals surface area contributed by atoms with E-state index in [1.54, 1.807) is 0 Å². The fraction of sp³-hybridized carbons (Fsp3) is 0.500. The lowest BCUT2D eigenvalue weighted by molar-refractivity contribution is -0.132. The van der Waals surface area contributed by atoms with Crippen LogP contribution in [0.15, 0.2) is 41.5 Å². The van der Waals surface area contributed by atoms with Gasteiger partial charge in [0.15, 0.2) is 17.4 Å². The molecule has 234 valence electrons. The summed E-state index contributed by atoms with van der Waals surface area (Å²) < 4.78 is 32.2. The van der Waals surface area contributed by atoms with Gasteiger partial charge < -0.3 is 20.7 Å². The molecule has 17 heteroatoms. The Hall–Kier alpha value is -2.95. The Balaban J connectivity index is 1.46. The third-order valence-corrected chi connectivity index (χ3v) is 9.85. The van der Waals surface area contributed by atoms with E-state index in [1.807, 2.05) is 30.3 Å². The number of rotatable bonds is 13. The molecule has 0 amide bonds. The van der Waals surface area contributed by atoms with Crippen molar-refractivity contribution in [3.05, 3.63) is 52.6 Å². The van der Waals surface area contributed by atoms with E-state index in [-0.39, 0.29) is 46.9 Å². The average molecular weight is 639 g/mol. The summed E-state index contributed by atoms with van der Waals surface area (Å²) in [6.45, 7) is 5.20. The predicted molar refractivity (Wildman–Crippen MR) is 158 cm³/mol. The molecular weight excluding hydrogens is 603 g/mol. The summed E-state index contributed by atoms with van der Waals surface area (Å²) in [6, 6.07) is 9.07. The molecule has 1 aliphatic heterocycles. The van der Waals surface area contributed by atoms with Crippen LogP contribution in [0.1, 0.15) is 39.5 Å². The number of hydrogen-bond acceptors (Lipinski definition) is 13. The summed E-state index contributed by atoms with van der Waals surface area (Å²) >= 11 is 0.877. The lowest BCUT2D eigenvalue weighted by atomic mass is 9.91. The number of hydrogen-bond donors (Lipinski definition) is 5. The molecule has 0 bridgehead atoms. The van der Waals surface area contributed by atoms with Gasteiger partial charge in [-0.25, -0.2) is 14.6 Å². The third-order valence-electron chi connectivity index (χ3n) is 7.15. The van der Waals surface area contributed by atoms with E-state index in [0.29, 0.717) is 0 Å².